The van der Waals surface area contributed by atoms with Gasteiger partial charge < -0.3 is 20.3 Å². The molecule has 1 rings (SSSR count). The molecule has 0 unspecified atom stereocenters. The zero-order valence-corrected chi connectivity index (χ0v) is 10.8. The Morgan fingerprint density at radius 2 is 2.12 bits per heavy atom. The standard InChI is InChI=1S/C12H25N3O2/c1-2-14-12-3-6-15(7-4-12)8-10-17-9-5-13-11-16/h11-12,14H,2-10H2,1H3,(H,13,16). The van der Waals surface area contributed by atoms with Gasteiger partial charge in [0.2, 0.25) is 6.41 Å². The van der Waals surface area contributed by atoms with Crippen molar-refractivity contribution in [3.05, 3.63) is 0 Å². The third-order valence-electron chi connectivity index (χ3n) is 3.11. The van der Waals surface area contributed by atoms with Gasteiger partial charge in [0.1, 0.15) is 0 Å². The summed E-state index contributed by atoms with van der Waals surface area (Å²) in [6.45, 7) is 8.51. The molecule has 1 aliphatic heterocycles. The first-order valence-electron chi connectivity index (χ1n) is 6.57. The number of amides is 1. The quantitative estimate of drug-likeness (QED) is 0.436. The van der Waals surface area contributed by atoms with E-state index >= 15 is 0 Å². The number of carbonyl (C=O) groups is 1. The first-order valence-corrected chi connectivity index (χ1v) is 6.57. The van der Waals surface area contributed by atoms with Crippen LogP contribution in [0.3, 0.4) is 0 Å². The highest BCUT2D eigenvalue weighted by atomic mass is 16.5. The maximum atomic E-state index is 9.99. The van der Waals surface area contributed by atoms with E-state index in [1.54, 1.807) is 0 Å². The lowest BCUT2D eigenvalue weighted by Gasteiger charge is -2.32. The van der Waals surface area contributed by atoms with Crippen molar-refractivity contribution in [2.45, 2.75) is 25.8 Å². The maximum absolute atomic E-state index is 9.99. The summed E-state index contributed by atoms with van der Waals surface area (Å²) in [7, 11) is 0. The number of rotatable bonds is 9. The van der Waals surface area contributed by atoms with Gasteiger partial charge in [0, 0.05) is 19.1 Å². The monoisotopic (exact) mass is 243 g/mol. The summed E-state index contributed by atoms with van der Waals surface area (Å²) in [5.41, 5.74) is 0. The van der Waals surface area contributed by atoms with Crippen LogP contribution >= 0.6 is 0 Å². The van der Waals surface area contributed by atoms with Crippen LogP contribution in [0.5, 0.6) is 0 Å². The molecule has 0 aromatic rings. The van der Waals surface area contributed by atoms with Gasteiger partial charge >= 0.3 is 0 Å². The Hall–Kier alpha value is -0.650. The second kappa shape index (κ2) is 9.39. The van der Waals surface area contributed by atoms with E-state index in [1.807, 2.05) is 0 Å². The van der Waals surface area contributed by atoms with E-state index in [0.29, 0.717) is 25.6 Å². The molecule has 0 bridgehead atoms. The normalized spacial score (nSPS) is 18.2. The molecule has 5 heteroatoms. The number of carbonyl (C=O) groups excluding carboxylic acids is 1. The van der Waals surface area contributed by atoms with Crippen molar-refractivity contribution < 1.29 is 9.53 Å². The zero-order chi connectivity index (χ0) is 12.3. The van der Waals surface area contributed by atoms with Crippen LogP contribution in [0.25, 0.3) is 0 Å². The Morgan fingerprint density at radius 3 is 2.76 bits per heavy atom. The van der Waals surface area contributed by atoms with E-state index in [4.69, 9.17) is 4.74 Å². The van der Waals surface area contributed by atoms with Crippen molar-refractivity contribution >= 4 is 6.41 Å². The van der Waals surface area contributed by atoms with Crippen LogP contribution in [-0.4, -0.2) is 63.3 Å². The van der Waals surface area contributed by atoms with Gasteiger partial charge in [-0.05, 0) is 32.5 Å². The third kappa shape index (κ3) is 6.61. The van der Waals surface area contributed by atoms with E-state index in [0.717, 1.165) is 32.8 Å². The highest BCUT2D eigenvalue weighted by Gasteiger charge is 2.17. The van der Waals surface area contributed by atoms with Crippen LogP contribution in [0, 0.1) is 0 Å². The van der Waals surface area contributed by atoms with E-state index < -0.39 is 0 Å². The van der Waals surface area contributed by atoms with Gasteiger partial charge in [-0.2, -0.15) is 0 Å². The topological polar surface area (TPSA) is 53.6 Å². The number of nitrogens with one attached hydrogen (secondary N) is 2. The van der Waals surface area contributed by atoms with Gasteiger partial charge in [-0.25, -0.2) is 0 Å². The summed E-state index contributed by atoms with van der Waals surface area (Å²) < 4.78 is 5.43. The number of ether oxygens (including phenoxy) is 1. The molecule has 0 aliphatic carbocycles. The van der Waals surface area contributed by atoms with E-state index in [1.165, 1.54) is 12.8 Å². The molecule has 100 valence electrons. The van der Waals surface area contributed by atoms with Gasteiger partial charge in [0.15, 0.2) is 0 Å². The molecule has 0 radical (unpaired) electrons. The minimum absolute atomic E-state index is 0.603. The molecule has 5 nitrogen and oxygen atoms in total. The fraction of sp³-hybridized carbons (Fsp3) is 0.917. The Bertz CT molecular complexity index is 194. The van der Waals surface area contributed by atoms with Gasteiger partial charge in [0.05, 0.1) is 13.2 Å². The van der Waals surface area contributed by atoms with Crippen molar-refractivity contribution in [1.82, 2.24) is 15.5 Å². The molecule has 1 aliphatic rings. The lowest BCUT2D eigenvalue weighted by Crippen LogP contribution is -2.43. The molecule has 0 aromatic heterocycles. The maximum Gasteiger partial charge on any atom is 0.207 e. The summed E-state index contributed by atoms with van der Waals surface area (Å²) in [5, 5.41) is 6.08. The molecular weight excluding hydrogens is 218 g/mol. The highest BCUT2D eigenvalue weighted by Crippen LogP contribution is 2.09. The number of hydrogen-bond donors (Lipinski definition) is 2. The van der Waals surface area contributed by atoms with Crippen LogP contribution in [0.2, 0.25) is 0 Å². The predicted octanol–water partition coefficient (Wildman–Crippen LogP) is -0.177. The fourth-order valence-corrected chi connectivity index (χ4v) is 2.14. The second-order valence-corrected chi connectivity index (χ2v) is 4.36. The lowest BCUT2D eigenvalue weighted by atomic mass is 10.1. The van der Waals surface area contributed by atoms with E-state index in [9.17, 15) is 4.79 Å². The summed E-state index contributed by atoms with van der Waals surface area (Å²) in [5.74, 6) is 0. The Balaban J connectivity index is 1.93. The van der Waals surface area contributed by atoms with Crippen molar-refractivity contribution in [2.24, 2.45) is 0 Å². The molecule has 0 aromatic carbocycles. The lowest BCUT2D eigenvalue weighted by molar-refractivity contribution is -0.109. The third-order valence-corrected chi connectivity index (χ3v) is 3.11. The summed E-state index contributed by atoms with van der Waals surface area (Å²) in [4.78, 5) is 12.4. The van der Waals surface area contributed by atoms with Crippen LogP contribution in [0.1, 0.15) is 19.8 Å². The number of hydrogen-bond acceptors (Lipinski definition) is 4. The van der Waals surface area contributed by atoms with Crippen LogP contribution in [0.4, 0.5) is 0 Å². The van der Waals surface area contributed by atoms with Gasteiger partial charge in [-0.1, -0.05) is 6.92 Å². The van der Waals surface area contributed by atoms with E-state index in [-0.39, 0.29) is 0 Å². The van der Waals surface area contributed by atoms with Crippen molar-refractivity contribution in [3.63, 3.8) is 0 Å². The van der Waals surface area contributed by atoms with E-state index in [2.05, 4.69) is 22.5 Å². The molecule has 1 saturated heterocycles. The zero-order valence-electron chi connectivity index (χ0n) is 10.8. The molecule has 0 atom stereocenters. The fourth-order valence-electron chi connectivity index (χ4n) is 2.14. The molecular formula is C12H25N3O2. The Morgan fingerprint density at radius 1 is 1.35 bits per heavy atom. The second-order valence-electron chi connectivity index (χ2n) is 4.36. The minimum Gasteiger partial charge on any atom is -0.378 e. The summed E-state index contributed by atoms with van der Waals surface area (Å²) in [6.07, 6.45) is 3.18. The highest BCUT2D eigenvalue weighted by molar-refractivity contribution is 5.45. The van der Waals surface area contributed by atoms with Crippen molar-refractivity contribution in [3.8, 4) is 0 Å². The van der Waals surface area contributed by atoms with Crippen LogP contribution in [0.15, 0.2) is 0 Å². The first kappa shape index (κ1) is 14.4. The smallest absolute Gasteiger partial charge is 0.207 e. The first-order chi connectivity index (χ1) is 8.36. The molecule has 0 saturated carbocycles. The predicted molar refractivity (Wildman–Crippen MR) is 68.0 cm³/mol. The van der Waals surface area contributed by atoms with Crippen LogP contribution in [-0.2, 0) is 9.53 Å². The molecule has 17 heavy (non-hydrogen) atoms. The average Bonchev–Trinajstić information content (AvgIpc) is 2.36. The molecule has 1 fully saturated rings. The van der Waals surface area contributed by atoms with Crippen LogP contribution < -0.4 is 10.6 Å². The molecule has 1 heterocycles. The molecule has 2 N–H and O–H groups in total. The Kier molecular flexibility index (Phi) is 7.96. The number of likely N-dealkylation sites (tertiary alicyclic amines) is 1. The number of nitrogens with zero attached hydrogens (tertiary/aromatic N) is 1. The van der Waals surface area contributed by atoms with Crippen molar-refractivity contribution in [2.75, 3.05) is 45.9 Å². The minimum atomic E-state index is 0.603. The largest absolute Gasteiger partial charge is 0.378 e. The molecule has 1 amide bonds. The summed E-state index contributed by atoms with van der Waals surface area (Å²) >= 11 is 0. The molecule has 0 spiro atoms. The SMILES string of the molecule is CCNC1CCN(CCOCCNC=O)CC1. The number of piperidine rings is 1. The Labute approximate surface area is 104 Å². The summed E-state index contributed by atoms with van der Waals surface area (Å²) in [6, 6.07) is 0.703. The van der Waals surface area contributed by atoms with Gasteiger partial charge in [0.25, 0.3) is 0 Å². The van der Waals surface area contributed by atoms with Gasteiger partial charge in [-0.15, -0.1) is 0 Å². The van der Waals surface area contributed by atoms with Gasteiger partial charge in [-0.3, -0.25) is 4.79 Å². The average molecular weight is 243 g/mol. The van der Waals surface area contributed by atoms with Crippen molar-refractivity contribution in [1.29, 1.82) is 0 Å².